The Kier molecular flexibility index (Phi) is 4.92. The maximum Gasteiger partial charge on any atom is 0.337 e. The molecular weight excluding hydrogens is 298 g/mol. The number of nitrogens with zero attached hydrogens (tertiary/aromatic N) is 1. The van der Waals surface area contributed by atoms with E-state index in [4.69, 9.17) is 0 Å². The number of aromatic carboxylic acids is 1. The predicted octanol–water partition coefficient (Wildman–Crippen LogP) is 4.59. The second kappa shape index (κ2) is 7.47. The summed E-state index contributed by atoms with van der Waals surface area (Å²) in [6.07, 6.45) is 0. The van der Waals surface area contributed by atoms with E-state index < -0.39 is 5.97 Å². The van der Waals surface area contributed by atoms with Gasteiger partial charge in [0, 0.05) is 13.1 Å². The summed E-state index contributed by atoms with van der Waals surface area (Å²) in [6, 6.07) is 27.4. The summed E-state index contributed by atoms with van der Waals surface area (Å²) in [4.78, 5) is 13.7. The molecule has 0 aliphatic carbocycles. The molecule has 0 heterocycles. The maximum atomic E-state index is 11.6. The Morgan fingerprint density at radius 2 is 1.17 bits per heavy atom. The van der Waals surface area contributed by atoms with Crippen LogP contribution in [0.2, 0.25) is 0 Å². The molecule has 0 amide bonds. The Labute approximate surface area is 141 Å². The normalized spacial score (nSPS) is 10.3. The highest BCUT2D eigenvalue weighted by Gasteiger charge is 2.16. The first-order chi connectivity index (χ1) is 11.7. The van der Waals surface area contributed by atoms with Gasteiger partial charge in [0.2, 0.25) is 0 Å². The number of hydrogen-bond acceptors (Lipinski definition) is 2. The highest BCUT2D eigenvalue weighted by Crippen LogP contribution is 2.24. The molecule has 0 aliphatic rings. The van der Waals surface area contributed by atoms with Gasteiger partial charge in [0.1, 0.15) is 0 Å². The summed E-state index contributed by atoms with van der Waals surface area (Å²) in [6.45, 7) is 1.31. The SMILES string of the molecule is O=C(O)c1ccccc1N(Cc1ccccc1)Cc1ccccc1. The van der Waals surface area contributed by atoms with Crippen LogP contribution >= 0.6 is 0 Å². The van der Waals surface area contributed by atoms with Crippen LogP contribution < -0.4 is 4.90 Å². The molecule has 1 N–H and O–H groups in total. The Morgan fingerprint density at radius 3 is 1.67 bits per heavy atom. The van der Waals surface area contributed by atoms with E-state index >= 15 is 0 Å². The van der Waals surface area contributed by atoms with E-state index in [1.807, 2.05) is 48.5 Å². The monoisotopic (exact) mass is 317 g/mol. The number of hydrogen-bond donors (Lipinski definition) is 1. The van der Waals surface area contributed by atoms with Crippen LogP contribution in [-0.4, -0.2) is 11.1 Å². The Hall–Kier alpha value is -3.07. The van der Waals surface area contributed by atoms with Crippen molar-refractivity contribution in [3.8, 4) is 0 Å². The number of para-hydroxylation sites is 1. The fourth-order valence-electron chi connectivity index (χ4n) is 2.76. The van der Waals surface area contributed by atoms with Crippen LogP contribution in [0.5, 0.6) is 0 Å². The van der Waals surface area contributed by atoms with Crippen LogP contribution in [0.25, 0.3) is 0 Å². The minimum Gasteiger partial charge on any atom is -0.478 e. The van der Waals surface area contributed by atoms with E-state index in [1.165, 1.54) is 0 Å². The first-order valence-electron chi connectivity index (χ1n) is 7.89. The van der Waals surface area contributed by atoms with E-state index in [1.54, 1.807) is 12.1 Å². The van der Waals surface area contributed by atoms with Crippen molar-refractivity contribution in [1.82, 2.24) is 0 Å². The van der Waals surface area contributed by atoms with E-state index in [2.05, 4.69) is 29.2 Å². The predicted molar refractivity (Wildman–Crippen MR) is 96.2 cm³/mol. The quantitative estimate of drug-likeness (QED) is 0.723. The Morgan fingerprint density at radius 1 is 0.708 bits per heavy atom. The molecule has 0 aliphatic heterocycles. The molecule has 0 atom stereocenters. The molecular formula is C21H19NO2. The summed E-state index contributed by atoms with van der Waals surface area (Å²) < 4.78 is 0. The minimum absolute atomic E-state index is 0.323. The third-order valence-corrected chi connectivity index (χ3v) is 3.91. The van der Waals surface area contributed by atoms with Crippen molar-refractivity contribution >= 4 is 11.7 Å². The molecule has 0 unspecified atom stereocenters. The molecule has 3 nitrogen and oxygen atoms in total. The summed E-state index contributed by atoms with van der Waals surface area (Å²) in [5, 5.41) is 9.52. The average Bonchev–Trinajstić information content (AvgIpc) is 2.63. The lowest BCUT2D eigenvalue weighted by Gasteiger charge is -2.26. The summed E-state index contributed by atoms with van der Waals surface area (Å²) in [5.41, 5.74) is 3.35. The number of carboxylic acids is 1. The highest BCUT2D eigenvalue weighted by molar-refractivity contribution is 5.94. The van der Waals surface area contributed by atoms with Crippen molar-refractivity contribution in [3.63, 3.8) is 0 Å². The zero-order valence-electron chi connectivity index (χ0n) is 13.3. The van der Waals surface area contributed by atoms with Crippen LogP contribution in [0.4, 0.5) is 5.69 Å². The van der Waals surface area contributed by atoms with E-state index in [-0.39, 0.29) is 0 Å². The molecule has 0 fully saturated rings. The minimum atomic E-state index is -0.906. The largest absolute Gasteiger partial charge is 0.478 e. The molecule has 3 heteroatoms. The molecule has 24 heavy (non-hydrogen) atoms. The lowest BCUT2D eigenvalue weighted by atomic mass is 10.1. The van der Waals surface area contributed by atoms with Gasteiger partial charge in [-0.05, 0) is 23.3 Å². The molecule has 3 rings (SSSR count). The highest BCUT2D eigenvalue weighted by atomic mass is 16.4. The number of anilines is 1. The number of benzene rings is 3. The summed E-state index contributed by atoms with van der Waals surface area (Å²) in [5.74, 6) is -0.906. The van der Waals surface area contributed by atoms with Crippen LogP contribution in [-0.2, 0) is 13.1 Å². The zero-order chi connectivity index (χ0) is 16.8. The number of carbonyl (C=O) groups is 1. The van der Waals surface area contributed by atoms with Crippen LogP contribution in [0.15, 0.2) is 84.9 Å². The first-order valence-corrected chi connectivity index (χ1v) is 7.89. The van der Waals surface area contributed by atoms with Gasteiger partial charge in [0.25, 0.3) is 0 Å². The summed E-state index contributed by atoms with van der Waals surface area (Å²) >= 11 is 0. The van der Waals surface area contributed by atoms with E-state index in [9.17, 15) is 9.90 Å². The average molecular weight is 317 g/mol. The number of carboxylic acid groups (broad SMARTS) is 1. The third-order valence-electron chi connectivity index (χ3n) is 3.91. The van der Waals surface area contributed by atoms with Gasteiger partial charge < -0.3 is 10.0 Å². The van der Waals surface area contributed by atoms with Crippen molar-refractivity contribution in [1.29, 1.82) is 0 Å². The van der Waals surface area contributed by atoms with Crippen molar-refractivity contribution in [2.24, 2.45) is 0 Å². The fraction of sp³-hybridized carbons (Fsp3) is 0.0952. The van der Waals surface area contributed by atoms with Crippen LogP contribution in [0.1, 0.15) is 21.5 Å². The smallest absolute Gasteiger partial charge is 0.337 e. The topological polar surface area (TPSA) is 40.5 Å². The van der Waals surface area contributed by atoms with Crippen molar-refractivity contribution < 1.29 is 9.90 Å². The van der Waals surface area contributed by atoms with Gasteiger partial charge in [-0.3, -0.25) is 0 Å². The summed E-state index contributed by atoms with van der Waals surface area (Å²) in [7, 11) is 0. The Bertz CT molecular complexity index is 759. The maximum absolute atomic E-state index is 11.6. The molecule has 0 bridgehead atoms. The standard InChI is InChI=1S/C21H19NO2/c23-21(24)19-13-7-8-14-20(19)22(15-17-9-3-1-4-10-17)16-18-11-5-2-6-12-18/h1-14H,15-16H2,(H,23,24). The van der Waals surface area contributed by atoms with Gasteiger partial charge >= 0.3 is 5.97 Å². The fourth-order valence-corrected chi connectivity index (χ4v) is 2.76. The first kappa shape index (κ1) is 15.8. The van der Waals surface area contributed by atoms with Gasteiger partial charge in [-0.25, -0.2) is 4.79 Å². The van der Waals surface area contributed by atoms with Gasteiger partial charge in [0.05, 0.1) is 11.3 Å². The van der Waals surface area contributed by atoms with Gasteiger partial charge in [-0.2, -0.15) is 0 Å². The van der Waals surface area contributed by atoms with Crippen LogP contribution in [0.3, 0.4) is 0 Å². The van der Waals surface area contributed by atoms with Gasteiger partial charge in [-0.15, -0.1) is 0 Å². The van der Waals surface area contributed by atoms with Crippen molar-refractivity contribution in [3.05, 3.63) is 102 Å². The second-order valence-corrected chi connectivity index (χ2v) is 5.65. The molecule has 0 saturated heterocycles. The molecule has 3 aromatic rings. The molecule has 0 saturated carbocycles. The van der Waals surface area contributed by atoms with Crippen molar-refractivity contribution in [2.75, 3.05) is 4.90 Å². The molecule has 0 spiro atoms. The molecule has 3 aromatic carbocycles. The van der Waals surface area contributed by atoms with Gasteiger partial charge in [0.15, 0.2) is 0 Å². The number of rotatable bonds is 6. The van der Waals surface area contributed by atoms with E-state index in [0.29, 0.717) is 18.7 Å². The molecule has 0 aromatic heterocycles. The third kappa shape index (κ3) is 3.82. The Balaban J connectivity index is 1.97. The lowest BCUT2D eigenvalue weighted by Crippen LogP contribution is -2.24. The molecule has 0 radical (unpaired) electrons. The molecule has 120 valence electrons. The second-order valence-electron chi connectivity index (χ2n) is 5.65. The van der Waals surface area contributed by atoms with Gasteiger partial charge in [-0.1, -0.05) is 72.8 Å². The van der Waals surface area contributed by atoms with E-state index in [0.717, 1.165) is 16.8 Å². The zero-order valence-corrected chi connectivity index (χ0v) is 13.3. The van der Waals surface area contributed by atoms with Crippen LogP contribution in [0, 0.1) is 0 Å². The lowest BCUT2D eigenvalue weighted by molar-refractivity contribution is 0.0697. The van der Waals surface area contributed by atoms with Crippen molar-refractivity contribution in [2.45, 2.75) is 13.1 Å².